The van der Waals surface area contributed by atoms with E-state index in [0.717, 1.165) is 27.6 Å². The number of anilines is 1. The third-order valence-electron chi connectivity index (χ3n) is 6.87. The maximum absolute atomic E-state index is 13.6. The van der Waals surface area contributed by atoms with Crippen molar-refractivity contribution in [2.24, 2.45) is 7.05 Å². The van der Waals surface area contributed by atoms with Gasteiger partial charge in [-0.3, -0.25) is 23.6 Å². The summed E-state index contributed by atoms with van der Waals surface area (Å²) < 4.78 is 11.4. The van der Waals surface area contributed by atoms with Crippen LogP contribution in [0, 0.1) is 6.92 Å². The van der Waals surface area contributed by atoms with Gasteiger partial charge in [0.25, 0.3) is 11.5 Å². The maximum atomic E-state index is 13.6. The minimum Gasteiger partial charge on any atom is -0.383 e. The van der Waals surface area contributed by atoms with Gasteiger partial charge in [-0.25, -0.2) is 9.97 Å². The van der Waals surface area contributed by atoms with Crippen molar-refractivity contribution >= 4 is 56.9 Å². The first-order valence-corrected chi connectivity index (χ1v) is 14.5. The highest BCUT2D eigenvalue weighted by Gasteiger charge is 2.21. The smallest absolute Gasteiger partial charge is 0.281 e. The van der Waals surface area contributed by atoms with Crippen LogP contribution in [0.2, 0.25) is 5.15 Å². The van der Waals surface area contributed by atoms with Crippen molar-refractivity contribution in [3.63, 3.8) is 0 Å². The molecule has 0 radical (unpaired) electrons. The highest BCUT2D eigenvalue weighted by Crippen LogP contribution is 2.30. The van der Waals surface area contributed by atoms with Crippen molar-refractivity contribution in [2.45, 2.75) is 26.4 Å². The van der Waals surface area contributed by atoms with Crippen LogP contribution in [-0.4, -0.2) is 50.2 Å². The first-order valence-electron chi connectivity index (χ1n) is 12.9. The monoisotopic (exact) mass is 591 g/mol. The van der Waals surface area contributed by atoms with Crippen LogP contribution in [0.1, 0.15) is 34.6 Å². The Kier molecular flexibility index (Phi) is 8.30. The fourth-order valence-electron chi connectivity index (χ4n) is 4.90. The molecular weight excluding hydrogens is 562 g/mol. The number of ether oxygens (including phenoxy) is 1. The summed E-state index contributed by atoms with van der Waals surface area (Å²) in [7, 11) is 3.39. The van der Waals surface area contributed by atoms with E-state index in [1.807, 2.05) is 48.9 Å². The average molecular weight is 592 g/mol. The molecule has 0 aliphatic heterocycles. The largest absolute Gasteiger partial charge is 0.383 e. The lowest BCUT2D eigenvalue weighted by molar-refractivity contribution is 0.0980. The number of carbonyl (C=O) groups is 1. The van der Waals surface area contributed by atoms with E-state index in [0.29, 0.717) is 35.6 Å². The van der Waals surface area contributed by atoms with Crippen LogP contribution in [-0.2, 0) is 18.3 Å². The standard InChI is InChI=1S/C29H30ClN7O3S/c1-16-12-20(17(2)32-22-7-9-24(30)33-26(22)28(38)35-41-5)25-21(13-16)29(39)36(3)27(34-25)18-6-8-23-19(14-18)15-31-37(23)10-11-40-4/h6-9,12-15,17,32H,10-11H2,1-5H3,(H,35,38). The number of fused-ring (bicyclic) bond motifs is 2. The molecule has 0 bridgehead atoms. The van der Waals surface area contributed by atoms with Crippen molar-refractivity contribution in [2.75, 3.05) is 25.3 Å². The van der Waals surface area contributed by atoms with Gasteiger partial charge in [-0.05, 0) is 55.8 Å². The van der Waals surface area contributed by atoms with Gasteiger partial charge in [0.1, 0.15) is 11.0 Å². The third kappa shape index (κ3) is 5.65. The molecule has 0 spiro atoms. The first-order chi connectivity index (χ1) is 19.7. The van der Waals surface area contributed by atoms with Crippen LogP contribution in [0.4, 0.5) is 5.69 Å². The number of carbonyl (C=O) groups excluding carboxylic acids is 1. The summed E-state index contributed by atoms with van der Waals surface area (Å²) in [6.07, 6.45) is 3.56. The number of halogens is 1. The molecule has 12 heteroatoms. The van der Waals surface area contributed by atoms with Gasteiger partial charge in [0.2, 0.25) is 0 Å². The number of methoxy groups -OCH3 is 1. The van der Waals surface area contributed by atoms with Crippen molar-refractivity contribution in [1.82, 2.24) is 29.0 Å². The SMILES string of the molecule is COCCn1ncc2cc(-c3nc4c(C(C)Nc5ccc(Cl)nc5C(=O)NSC)cc(C)cc4c(=O)n3C)ccc21. The quantitative estimate of drug-likeness (QED) is 0.179. The lowest BCUT2D eigenvalue weighted by Crippen LogP contribution is -2.22. The second kappa shape index (κ2) is 11.9. The van der Waals surface area contributed by atoms with Crippen LogP contribution in [0.5, 0.6) is 0 Å². The van der Waals surface area contributed by atoms with Crippen molar-refractivity contribution in [1.29, 1.82) is 0 Å². The van der Waals surface area contributed by atoms with E-state index in [1.165, 1.54) is 11.9 Å². The number of nitrogens with one attached hydrogen (secondary N) is 2. The first kappa shape index (κ1) is 28.6. The summed E-state index contributed by atoms with van der Waals surface area (Å²) in [4.78, 5) is 35.6. The van der Waals surface area contributed by atoms with Gasteiger partial charge in [0, 0.05) is 36.9 Å². The lowest BCUT2D eigenvalue weighted by Gasteiger charge is -2.20. The molecule has 5 rings (SSSR count). The predicted molar refractivity (Wildman–Crippen MR) is 165 cm³/mol. The molecule has 0 saturated heterocycles. The van der Waals surface area contributed by atoms with Crippen molar-refractivity contribution in [3.05, 3.63) is 81.0 Å². The number of aromatic nitrogens is 5. The molecule has 2 aromatic carbocycles. The van der Waals surface area contributed by atoms with Gasteiger partial charge in [-0.2, -0.15) is 5.10 Å². The second-order valence-corrected chi connectivity index (χ2v) is 10.7. The Labute approximate surface area is 246 Å². The Balaban J connectivity index is 1.60. The molecule has 1 unspecified atom stereocenters. The molecule has 41 heavy (non-hydrogen) atoms. The number of rotatable bonds is 9. The minimum atomic E-state index is -0.362. The summed E-state index contributed by atoms with van der Waals surface area (Å²) >= 11 is 7.28. The zero-order chi connectivity index (χ0) is 29.3. The molecule has 0 aliphatic carbocycles. The average Bonchev–Trinajstić information content (AvgIpc) is 3.36. The minimum absolute atomic E-state index is 0.147. The van der Waals surface area contributed by atoms with Gasteiger partial charge in [0.05, 0.1) is 47.5 Å². The highest BCUT2D eigenvalue weighted by molar-refractivity contribution is 7.97. The van der Waals surface area contributed by atoms with E-state index in [-0.39, 0.29) is 28.4 Å². The van der Waals surface area contributed by atoms with Gasteiger partial charge < -0.3 is 10.1 Å². The molecule has 2 N–H and O–H groups in total. The number of pyridine rings is 1. The molecule has 0 fully saturated rings. The van der Waals surface area contributed by atoms with Crippen molar-refractivity contribution < 1.29 is 9.53 Å². The number of amides is 1. The molecule has 212 valence electrons. The molecule has 10 nitrogen and oxygen atoms in total. The summed E-state index contributed by atoms with van der Waals surface area (Å²) in [5, 5.41) is 9.54. The molecule has 0 aliphatic rings. The Bertz CT molecular complexity index is 1840. The zero-order valence-electron chi connectivity index (χ0n) is 23.4. The molecular formula is C29H30ClN7O3S. The van der Waals surface area contributed by atoms with Crippen LogP contribution < -0.4 is 15.6 Å². The third-order valence-corrected chi connectivity index (χ3v) is 7.47. The Morgan fingerprint density at radius 3 is 2.73 bits per heavy atom. The number of nitrogens with zero attached hydrogens (tertiary/aromatic N) is 5. The number of hydrogen-bond acceptors (Lipinski definition) is 8. The van der Waals surface area contributed by atoms with E-state index >= 15 is 0 Å². The van der Waals surface area contributed by atoms with E-state index in [1.54, 1.807) is 43.3 Å². The second-order valence-electron chi connectivity index (χ2n) is 9.72. The number of benzene rings is 2. The molecule has 3 heterocycles. The summed E-state index contributed by atoms with van der Waals surface area (Å²) in [5.74, 6) is 0.179. The van der Waals surface area contributed by atoms with Gasteiger partial charge in [-0.15, -0.1) is 0 Å². The van der Waals surface area contributed by atoms with E-state index in [4.69, 9.17) is 21.3 Å². The fourth-order valence-corrected chi connectivity index (χ4v) is 5.33. The normalized spacial score (nSPS) is 12.1. The summed E-state index contributed by atoms with van der Waals surface area (Å²) in [5.41, 5.74) is 4.65. The molecule has 3 aromatic heterocycles. The van der Waals surface area contributed by atoms with Crippen molar-refractivity contribution in [3.8, 4) is 11.4 Å². The summed E-state index contributed by atoms with van der Waals surface area (Å²) in [6, 6.07) is 12.8. The number of aryl methyl sites for hydroxylation is 1. The van der Waals surface area contributed by atoms with Gasteiger partial charge in [0.15, 0.2) is 5.69 Å². The molecule has 0 saturated carbocycles. The van der Waals surface area contributed by atoms with Crippen LogP contribution in [0.3, 0.4) is 0 Å². The topological polar surface area (TPSA) is 116 Å². The van der Waals surface area contributed by atoms with Gasteiger partial charge >= 0.3 is 0 Å². The molecule has 5 aromatic rings. The number of hydrogen-bond donors (Lipinski definition) is 2. The van der Waals surface area contributed by atoms with E-state index < -0.39 is 0 Å². The van der Waals surface area contributed by atoms with Crippen LogP contribution in [0.15, 0.2) is 53.5 Å². The molecule has 1 amide bonds. The highest BCUT2D eigenvalue weighted by atomic mass is 35.5. The van der Waals surface area contributed by atoms with Crippen LogP contribution >= 0.6 is 23.5 Å². The molecule has 1 atom stereocenters. The summed E-state index contributed by atoms with van der Waals surface area (Å²) in [6.45, 7) is 5.10. The maximum Gasteiger partial charge on any atom is 0.281 e. The lowest BCUT2D eigenvalue weighted by atomic mass is 10.0. The van der Waals surface area contributed by atoms with E-state index in [9.17, 15) is 9.59 Å². The Hall–Kier alpha value is -3.93. The van der Waals surface area contributed by atoms with Gasteiger partial charge in [-0.1, -0.05) is 29.6 Å². The Morgan fingerprint density at radius 2 is 1.98 bits per heavy atom. The van der Waals surface area contributed by atoms with E-state index in [2.05, 4.69) is 20.1 Å². The Morgan fingerprint density at radius 1 is 1.17 bits per heavy atom. The van der Waals surface area contributed by atoms with Crippen LogP contribution in [0.25, 0.3) is 33.2 Å². The zero-order valence-corrected chi connectivity index (χ0v) is 24.9. The predicted octanol–water partition coefficient (Wildman–Crippen LogP) is 5.13. The fraction of sp³-hybridized carbons (Fsp3) is 0.276.